The van der Waals surface area contributed by atoms with E-state index in [0.717, 1.165) is 6.07 Å². The van der Waals surface area contributed by atoms with Gasteiger partial charge >= 0.3 is 0 Å². The van der Waals surface area contributed by atoms with Crippen LogP contribution in [0, 0.1) is 11.6 Å². The summed E-state index contributed by atoms with van der Waals surface area (Å²) in [5.74, 6) is -2.05. The predicted octanol–water partition coefficient (Wildman–Crippen LogP) is 2.60. The summed E-state index contributed by atoms with van der Waals surface area (Å²) in [6, 6.07) is 0.843. The van der Waals surface area contributed by atoms with E-state index in [2.05, 4.69) is 10.2 Å². The van der Waals surface area contributed by atoms with Gasteiger partial charge in [-0.1, -0.05) is 11.6 Å². The number of aromatic nitrogens is 2. The molecule has 1 aromatic heterocycles. The molecule has 0 atom stereocenters. The quantitative estimate of drug-likeness (QED) is 0.815. The van der Waals surface area contributed by atoms with Crippen LogP contribution in [0.25, 0.3) is 11.1 Å². The van der Waals surface area contributed by atoms with Gasteiger partial charge in [0, 0.05) is 0 Å². The first-order valence-electron chi connectivity index (χ1n) is 4.57. The van der Waals surface area contributed by atoms with Crippen molar-refractivity contribution in [1.29, 1.82) is 0 Å². The number of anilines is 1. The zero-order chi connectivity index (χ0) is 12.6. The van der Waals surface area contributed by atoms with Gasteiger partial charge in [0.1, 0.15) is 11.6 Å². The average Bonchev–Trinajstić information content (AvgIpc) is 2.69. The van der Waals surface area contributed by atoms with Crippen LogP contribution in [0.15, 0.2) is 12.3 Å². The van der Waals surface area contributed by atoms with Gasteiger partial charge in [-0.25, -0.2) is 8.78 Å². The van der Waals surface area contributed by atoms with E-state index in [1.54, 1.807) is 0 Å². The van der Waals surface area contributed by atoms with Gasteiger partial charge in [0.15, 0.2) is 11.6 Å². The normalized spacial score (nSPS) is 10.6. The van der Waals surface area contributed by atoms with Crippen LogP contribution in [0.3, 0.4) is 0 Å². The summed E-state index contributed by atoms with van der Waals surface area (Å²) >= 11 is 5.77. The zero-order valence-electron chi connectivity index (χ0n) is 8.72. The Balaban J connectivity index is 2.80. The standard InChI is InChI=1S/C10H8ClF2N3O/c1-17-9-5(11)2-6(12)8(13)7(9)4-3-15-16-10(4)14/h2-3H,1H3,(H3,14,15,16). The van der Waals surface area contributed by atoms with Crippen LogP contribution in [0.1, 0.15) is 0 Å². The number of H-pyrrole nitrogens is 1. The predicted molar refractivity (Wildman–Crippen MR) is 59.9 cm³/mol. The van der Waals surface area contributed by atoms with E-state index in [4.69, 9.17) is 22.1 Å². The number of nitrogen functional groups attached to an aromatic ring is 1. The number of nitrogens with two attached hydrogens (primary N) is 1. The highest BCUT2D eigenvalue weighted by Crippen LogP contribution is 2.40. The van der Waals surface area contributed by atoms with Gasteiger partial charge in [-0.05, 0) is 6.07 Å². The maximum atomic E-state index is 13.8. The molecule has 0 unspecified atom stereocenters. The molecule has 7 heteroatoms. The van der Waals surface area contributed by atoms with Crippen molar-refractivity contribution in [3.63, 3.8) is 0 Å². The van der Waals surface area contributed by atoms with Crippen molar-refractivity contribution in [2.75, 3.05) is 12.8 Å². The van der Waals surface area contributed by atoms with Crippen LogP contribution in [-0.2, 0) is 0 Å². The van der Waals surface area contributed by atoms with E-state index in [1.807, 2.05) is 0 Å². The summed E-state index contributed by atoms with van der Waals surface area (Å²) in [6.45, 7) is 0. The molecule has 0 aliphatic heterocycles. The van der Waals surface area contributed by atoms with E-state index in [-0.39, 0.29) is 27.7 Å². The fraction of sp³-hybridized carbons (Fsp3) is 0.100. The van der Waals surface area contributed by atoms with Gasteiger partial charge in [-0.3, -0.25) is 5.10 Å². The number of rotatable bonds is 2. The lowest BCUT2D eigenvalue weighted by Crippen LogP contribution is -1.98. The summed E-state index contributed by atoms with van der Waals surface area (Å²) in [6.07, 6.45) is 1.27. The van der Waals surface area contributed by atoms with Crippen molar-refractivity contribution in [3.8, 4) is 16.9 Å². The highest BCUT2D eigenvalue weighted by Gasteiger charge is 2.22. The number of hydrogen-bond donors (Lipinski definition) is 2. The molecule has 4 nitrogen and oxygen atoms in total. The monoisotopic (exact) mass is 259 g/mol. The Morgan fingerprint density at radius 1 is 1.47 bits per heavy atom. The van der Waals surface area contributed by atoms with Crippen molar-refractivity contribution in [2.45, 2.75) is 0 Å². The summed E-state index contributed by atoms with van der Waals surface area (Å²) in [5.41, 5.74) is 5.61. The van der Waals surface area contributed by atoms with Gasteiger partial charge in [-0.2, -0.15) is 5.10 Å². The van der Waals surface area contributed by atoms with Crippen molar-refractivity contribution < 1.29 is 13.5 Å². The minimum Gasteiger partial charge on any atom is -0.494 e. The molecule has 0 aliphatic carbocycles. The van der Waals surface area contributed by atoms with Crippen LogP contribution in [0.2, 0.25) is 5.02 Å². The van der Waals surface area contributed by atoms with E-state index >= 15 is 0 Å². The van der Waals surface area contributed by atoms with Gasteiger partial charge in [-0.15, -0.1) is 0 Å². The number of benzene rings is 1. The van der Waals surface area contributed by atoms with Gasteiger partial charge in [0.05, 0.1) is 29.5 Å². The molecule has 0 saturated carbocycles. The number of methoxy groups -OCH3 is 1. The second-order valence-corrected chi connectivity index (χ2v) is 3.67. The zero-order valence-corrected chi connectivity index (χ0v) is 9.48. The molecule has 2 aromatic rings. The van der Waals surface area contributed by atoms with Gasteiger partial charge in [0.25, 0.3) is 0 Å². The van der Waals surface area contributed by atoms with Crippen molar-refractivity contribution >= 4 is 17.4 Å². The number of aromatic amines is 1. The molecule has 3 N–H and O–H groups in total. The van der Waals surface area contributed by atoms with Gasteiger partial charge in [0.2, 0.25) is 0 Å². The number of nitrogens with zero attached hydrogens (tertiary/aromatic N) is 1. The van der Waals surface area contributed by atoms with Crippen molar-refractivity contribution in [2.24, 2.45) is 0 Å². The highest BCUT2D eigenvalue weighted by atomic mass is 35.5. The molecule has 0 aliphatic rings. The minimum absolute atomic E-state index is 0.0127. The molecule has 0 amide bonds. The fourth-order valence-corrected chi connectivity index (χ4v) is 1.78. The summed E-state index contributed by atoms with van der Waals surface area (Å²) in [4.78, 5) is 0. The Hall–Kier alpha value is -1.82. The smallest absolute Gasteiger partial charge is 0.170 e. The molecular formula is C10H8ClF2N3O. The van der Waals surface area contributed by atoms with Crippen LogP contribution >= 0.6 is 11.6 Å². The number of nitrogens with one attached hydrogen (secondary N) is 1. The molecule has 17 heavy (non-hydrogen) atoms. The third-order valence-electron chi connectivity index (χ3n) is 2.27. The van der Waals surface area contributed by atoms with Crippen LogP contribution in [0.4, 0.5) is 14.6 Å². The molecule has 0 spiro atoms. The van der Waals surface area contributed by atoms with E-state index in [1.165, 1.54) is 13.3 Å². The summed E-state index contributed by atoms with van der Waals surface area (Å²) in [5, 5.41) is 6.02. The van der Waals surface area contributed by atoms with Crippen molar-refractivity contribution in [1.82, 2.24) is 10.2 Å². The molecule has 1 aromatic carbocycles. The van der Waals surface area contributed by atoms with Crippen molar-refractivity contribution in [3.05, 3.63) is 28.9 Å². The molecule has 90 valence electrons. The first-order chi connectivity index (χ1) is 8.06. The summed E-state index contributed by atoms with van der Waals surface area (Å²) in [7, 11) is 1.30. The van der Waals surface area contributed by atoms with Crippen LogP contribution < -0.4 is 10.5 Å². The van der Waals surface area contributed by atoms with E-state index in [9.17, 15) is 8.78 Å². The SMILES string of the molecule is COc1c(Cl)cc(F)c(F)c1-c1cn[nH]c1N. The molecular weight excluding hydrogens is 252 g/mol. The molecule has 2 rings (SSSR count). The second kappa shape index (κ2) is 4.21. The Morgan fingerprint density at radius 3 is 2.71 bits per heavy atom. The van der Waals surface area contributed by atoms with E-state index < -0.39 is 11.6 Å². The first kappa shape index (κ1) is 11.7. The third-order valence-corrected chi connectivity index (χ3v) is 2.55. The maximum Gasteiger partial charge on any atom is 0.170 e. The van der Waals surface area contributed by atoms with Crippen LogP contribution in [-0.4, -0.2) is 17.3 Å². The first-order valence-corrected chi connectivity index (χ1v) is 4.94. The minimum atomic E-state index is -1.08. The number of ether oxygens (including phenoxy) is 1. The Kier molecular flexibility index (Phi) is 2.89. The van der Waals surface area contributed by atoms with E-state index in [0.29, 0.717) is 0 Å². The Morgan fingerprint density at radius 2 is 2.18 bits per heavy atom. The highest BCUT2D eigenvalue weighted by molar-refractivity contribution is 6.32. The second-order valence-electron chi connectivity index (χ2n) is 3.26. The summed E-state index contributed by atoms with van der Waals surface area (Å²) < 4.78 is 32.0. The third kappa shape index (κ3) is 1.80. The molecule has 0 radical (unpaired) electrons. The maximum absolute atomic E-state index is 13.8. The molecule has 0 bridgehead atoms. The van der Waals surface area contributed by atoms with Crippen LogP contribution in [0.5, 0.6) is 5.75 Å². The Bertz CT molecular complexity index is 571. The average molecular weight is 260 g/mol. The number of hydrogen-bond acceptors (Lipinski definition) is 3. The molecule has 0 fully saturated rings. The lowest BCUT2D eigenvalue weighted by molar-refractivity contribution is 0.409. The Labute approximate surface area is 100 Å². The lowest BCUT2D eigenvalue weighted by atomic mass is 10.1. The topological polar surface area (TPSA) is 63.9 Å². The number of halogens is 3. The lowest BCUT2D eigenvalue weighted by Gasteiger charge is -2.11. The molecule has 1 heterocycles. The molecule has 0 saturated heterocycles. The fourth-order valence-electron chi connectivity index (χ4n) is 1.51. The van der Waals surface area contributed by atoms with Gasteiger partial charge < -0.3 is 10.5 Å². The largest absolute Gasteiger partial charge is 0.494 e.